The minimum atomic E-state index is -0.670. The van der Waals surface area contributed by atoms with Crippen LogP contribution >= 0.6 is 0 Å². The topological polar surface area (TPSA) is 102 Å². The number of ether oxygens (including phenoxy) is 2. The lowest BCUT2D eigenvalue weighted by atomic mass is 9.81. The Morgan fingerprint density at radius 3 is 2.30 bits per heavy atom. The van der Waals surface area contributed by atoms with Gasteiger partial charge in [0.2, 0.25) is 11.8 Å². The van der Waals surface area contributed by atoms with Gasteiger partial charge < -0.3 is 14.8 Å². The van der Waals surface area contributed by atoms with Crippen LogP contribution in [-0.4, -0.2) is 37.4 Å². The van der Waals surface area contributed by atoms with Gasteiger partial charge in [-0.3, -0.25) is 19.3 Å². The molecule has 1 aliphatic heterocycles. The van der Waals surface area contributed by atoms with Crippen LogP contribution < -0.4 is 15.0 Å². The molecule has 0 radical (unpaired) electrons. The molecule has 1 heterocycles. The molecule has 1 N–H and O–H groups in total. The molecule has 3 amide bonds. The van der Waals surface area contributed by atoms with Gasteiger partial charge in [-0.1, -0.05) is 6.07 Å². The van der Waals surface area contributed by atoms with Gasteiger partial charge in [0.1, 0.15) is 5.75 Å². The summed E-state index contributed by atoms with van der Waals surface area (Å²) >= 11 is 0. The fourth-order valence-corrected chi connectivity index (χ4v) is 5.52. The minimum Gasteiger partial charge on any atom is -0.497 e. The number of amides is 3. The second-order valence-corrected chi connectivity index (χ2v) is 8.80. The van der Waals surface area contributed by atoms with E-state index in [1.807, 2.05) is 0 Å². The second-order valence-electron chi connectivity index (χ2n) is 8.80. The van der Waals surface area contributed by atoms with Gasteiger partial charge in [0.05, 0.1) is 30.2 Å². The number of anilines is 2. The summed E-state index contributed by atoms with van der Waals surface area (Å²) in [6.45, 7) is -0.451. The monoisotopic (exact) mass is 448 g/mol. The molecule has 3 fully saturated rings. The van der Waals surface area contributed by atoms with Crippen LogP contribution in [0.2, 0.25) is 0 Å². The zero-order valence-electron chi connectivity index (χ0n) is 18.2. The summed E-state index contributed by atoms with van der Waals surface area (Å²) in [4.78, 5) is 51.6. The average molecular weight is 448 g/mol. The van der Waals surface area contributed by atoms with Crippen LogP contribution in [0.25, 0.3) is 0 Å². The number of nitrogens with zero attached hydrogens (tertiary/aromatic N) is 1. The number of hydrogen-bond donors (Lipinski definition) is 1. The Morgan fingerprint density at radius 1 is 1.00 bits per heavy atom. The van der Waals surface area contributed by atoms with Crippen LogP contribution in [0.3, 0.4) is 0 Å². The quantitative estimate of drug-likeness (QED) is 0.538. The fraction of sp³-hybridized carbons (Fsp3) is 0.360. The van der Waals surface area contributed by atoms with Gasteiger partial charge in [-0.15, -0.1) is 0 Å². The van der Waals surface area contributed by atoms with E-state index in [0.29, 0.717) is 29.0 Å². The Balaban J connectivity index is 1.19. The largest absolute Gasteiger partial charge is 0.497 e. The molecule has 2 aromatic rings. The van der Waals surface area contributed by atoms with Crippen molar-refractivity contribution in [2.45, 2.75) is 19.3 Å². The van der Waals surface area contributed by atoms with Crippen LogP contribution in [0.15, 0.2) is 48.5 Å². The van der Waals surface area contributed by atoms with Crippen molar-refractivity contribution in [3.63, 3.8) is 0 Å². The summed E-state index contributed by atoms with van der Waals surface area (Å²) in [7, 11) is 1.53. The van der Waals surface area contributed by atoms with Crippen molar-refractivity contribution in [2.75, 3.05) is 23.9 Å². The number of esters is 1. The molecular formula is C25H24N2O6. The number of imide groups is 1. The molecule has 0 aromatic heterocycles. The van der Waals surface area contributed by atoms with Crippen LogP contribution in [0.5, 0.6) is 5.75 Å². The minimum absolute atomic E-state index is 0.123. The number of methoxy groups -OCH3 is 1. The number of carbonyl (C=O) groups is 4. The molecular weight excluding hydrogens is 424 g/mol. The third kappa shape index (κ3) is 3.75. The number of carbonyl (C=O) groups excluding carboxylic acids is 4. The first kappa shape index (κ1) is 21.2. The highest BCUT2D eigenvalue weighted by Crippen LogP contribution is 2.56. The smallest absolute Gasteiger partial charge is 0.338 e. The predicted molar refractivity (Wildman–Crippen MR) is 119 cm³/mol. The lowest BCUT2D eigenvalue weighted by Gasteiger charge is -2.19. The molecule has 8 nitrogen and oxygen atoms in total. The Labute approximate surface area is 190 Å². The molecule has 5 rings (SSSR count). The van der Waals surface area contributed by atoms with Crippen molar-refractivity contribution < 1.29 is 28.7 Å². The molecule has 2 bridgehead atoms. The third-order valence-corrected chi connectivity index (χ3v) is 6.98. The van der Waals surface area contributed by atoms with E-state index < -0.39 is 18.5 Å². The van der Waals surface area contributed by atoms with E-state index in [-0.39, 0.29) is 29.2 Å². The van der Waals surface area contributed by atoms with Gasteiger partial charge in [0.15, 0.2) is 6.61 Å². The van der Waals surface area contributed by atoms with E-state index in [2.05, 4.69) is 5.32 Å². The van der Waals surface area contributed by atoms with Crippen LogP contribution in [-0.2, 0) is 19.1 Å². The maximum Gasteiger partial charge on any atom is 0.338 e. The van der Waals surface area contributed by atoms with Crippen LogP contribution in [0.1, 0.15) is 29.6 Å². The zero-order valence-corrected chi connectivity index (χ0v) is 18.2. The SMILES string of the molecule is COc1cccc(NC(=O)COC(=O)c2ccc(N3C(=O)[C@H]4[C@H]5CC[C@@H](C5)[C@@H]4C3=O)cc2)c1. The highest BCUT2D eigenvalue weighted by Gasteiger charge is 2.61. The van der Waals surface area contributed by atoms with Gasteiger partial charge >= 0.3 is 5.97 Å². The fourth-order valence-electron chi connectivity index (χ4n) is 5.52. The Bertz CT molecular complexity index is 1100. The number of nitrogens with one attached hydrogen (secondary N) is 1. The van der Waals surface area contributed by atoms with Gasteiger partial charge in [-0.2, -0.15) is 0 Å². The molecule has 0 spiro atoms. The summed E-state index contributed by atoms with van der Waals surface area (Å²) in [6, 6.07) is 13.0. The number of hydrogen-bond acceptors (Lipinski definition) is 6. The van der Waals surface area contributed by atoms with E-state index in [9.17, 15) is 19.2 Å². The van der Waals surface area contributed by atoms with E-state index in [0.717, 1.165) is 19.3 Å². The van der Waals surface area contributed by atoms with Gasteiger partial charge in [0, 0.05) is 11.8 Å². The second kappa shape index (κ2) is 8.35. The van der Waals surface area contributed by atoms with E-state index in [1.165, 1.54) is 24.1 Å². The lowest BCUT2D eigenvalue weighted by molar-refractivity contribution is -0.123. The molecule has 1 saturated heterocycles. The van der Waals surface area contributed by atoms with Gasteiger partial charge in [-0.25, -0.2) is 4.79 Å². The molecule has 170 valence electrons. The molecule has 2 aliphatic carbocycles. The van der Waals surface area contributed by atoms with E-state index in [1.54, 1.807) is 36.4 Å². The summed E-state index contributed by atoms with van der Waals surface area (Å²) in [6.07, 6.45) is 3.03. The third-order valence-electron chi connectivity index (χ3n) is 6.98. The van der Waals surface area contributed by atoms with Crippen molar-refractivity contribution in [1.82, 2.24) is 0 Å². The van der Waals surface area contributed by atoms with Gasteiger partial charge in [0.25, 0.3) is 5.91 Å². The molecule has 3 aliphatic rings. The molecule has 4 atom stereocenters. The number of rotatable bonds is 6. The van der Waals surface area contributed by atoms with Crippen molar-refractivity contribution in [2.24, 2.45) is 23.7 Å². The number of fused-ring (bicyclic) bond motifs is 5. The summed E-state index contributed by atoms with van der Waals surface area (Å²) < 4.78 is 10.2. The average Bonchev–Trinajstić information content (AvgIpc) is 3.51. The van der Waals surface area contributed by atoms with Crippen molar-refractivity contribution in [3.8, 4) is 5.75 Å². The molecule has 2 saturated carbocycles. The Morgan fingerprint density at radius 2 is 1.67 bits per heavy atom. The van der Waals surface area contributed by atoms with E-state index in [4.69, 9.17) is 9.47 Å². The van der Waals surface area contributed by atoms with Crippen molar-refractivity contribution >= 4 is 35.1 Å². The highest BCUT2D eigenvalue weighted by atomic mass is 16.5. The first-order valence-corrected chi connectivity index (χ1v) is 11.0. The summed E-state index contributed by atoms with van der Waals surface area (Å²) in [5.74, 6) is -0.552. The summed E-state index contributed by atoms with van der Waals surface area (Å²) in [5, 5.41) is 2.63. The van der Waals surface area contributed by atoms with E-state index >= 15 is 0 Å². The Hall–Kier alpha value is -3.68. The predicted octanol–water partition coefficient (Wildman–Crippen LogP) is 3.03. The normalized spacial score (nSPS) is 25.2. The van der Waals surface area contributed by atoms with Crippen molar-refractivity contribution in [3.05, 3.63) is 54.1 Å². The standard InChI is InChI=1S/C25H24N2O6/c1-32-19-4-2-3-17(12-19)26-20(28)13-33-25(31)14-7-9-18(10-8-14)27-23(29)21-15-5-6-16(11-15)22(21)24(27)30/h2-4,7-10,12,15-16,21-22H,5-6,11,13H2,1H3,(H,26,28)/t15-,16-,21-,22-/m0/s1. The molecule has 0 unspecified atom stereocenters. The first-order chi connectivity index (χ1) is 16.0. The Kier molecular flexibility index (Phi) is 5.36. The number of benzene rings is 2. The van der Waals surface area contributed by atoms with Crippen LogP contribution in [0, 0.1) is 23.7 Å². The first-order valence-electron chi connectivity index (χ1n) is 11.0. The molecule has 8 heteroatoms. The zero-order chi connectivity index (χ0) is 23.1. The van der Waals surface area contributed by atoms with Crippen LogP contribution in [0.4, 0.5) is 11.4 Å². The molecule has 33 heavy (non-hydrogen) atoms. The van der Waals surface area contributed by atoms with Crippen molar-refractivity contribution in [1.29, 1.82) is 0 Å². The maximum absolute atomic E-state index is 12.9. The lowest BCUT2D eigenvalue weighted by Crippen LogP contribution is -2.32. The highest BCUT2D eigenvalue weighted by molar-refractivity contribution is 6.22. The molecule has 2 aromatic carbocycles. The maximum atomic E-state index is 12.9. The summed E-state index contributed by atoms with van der Waals surface area (Å²) in [5.41, 5.74) is 1.22. The van der Waals surface area contributed by atoms with Gasteiger partial charge in [-0.05, 0) is 67.5 Å².